The average molecular weight is 291 g/mol. The van der Waals surface area contributed by atoms with Crippen molar-refractivity contribution in [1.29, 1.82) is 0 Å². The van der Waals surface area contributed by atoms with Gasteiger partial charge in [0.2, 0.25) is 5.43 Å². The van der Waals surface area contributed by atoms with E-state index in [1.54, 1.807) is 32.0 Å². The van der Waals surface area contributed by atoms with Crippen molar-refractivity contribution < 1.29 is 19.1 Å². The normalized spacial score (nSPS) is 10.6. The number of carbonyl (C=O) groups is 2. The Kier molecular flexibility index (Phi) is 6.80. The van der Waals surface area contributed by atoms with Gasteiger partial charge in [-0.3, -0.25) is 19.4 Å². The average Bonchev–Trinajstić information content (AvgIpc) is 2.65. The molecule has 112 valence electrons. The zero-order valence-corrected chi connectivity index (χ0v) is 11.9. The van der Waals surface area contributed by atoms with Crippen LogP contribution in [0.1, 0.15) is 13.8 Å². The van der Waals surface area contributed by atoms with Gasteiger partial charge >= 0.3 is 11.9 Å². The largest absolute Gasteiger partial charge is 0.465 e. The van der Waals surface area contributed by atoms with Gasteiger partial charge in [-0.1, -0.05) is 18.2 Å². The SMILES string of the molecule is CCOC(=O)C(C=Nc1cccccc1=O)C(=O)OCC. The number of esters is 2. The quantitative estimate of drug-likeness (QED) is 0.450. The lowest BCUT2D eigenvalue weighted by Gasteiger charge is -2.09. The summed E-state index contributed by atoms with van der Waals surface area (Å²) in [5.41, 5.74) is -0.193. The molecule has 6 nitrogen and oxygen atoms in total. The van der Waals surface area contributed by atoms with Crippen LogP contribution in [0.5, 0.6) is 0 Å². The summed E-state index contributed by atoms with van der Waals surface area (Å²) in [7, 11) is 0. The number of aliphatic imine (C=N–C) groups is 1. The van der Waals surface area contributed by atoms with Crippen molar-refractivity contribution in [3.8, 4) is 0 Å². The summed E-state index contributed by atoms with van der Waals surface area (Å²) in [5.74, 6) is -2.80. The Hall–Kier alpha value is -2.50. The Morgan fingerprint density at radius 1 is 1.10 bits per heavy atom. The third kappa shape index (κ3) is 5.18. The molecular formula is C15H17NO5. The molecule has 0 spiro atoms. The van der Waals surface area contributed by atoms with Gasteiger partial charge in [0.05, 0.1) is 13.2 Å². The monoisotopic (exact) mass is 291 g/mol. The minimum Gasteiger partial charge on any atom is -0.465 e. The summed E-state index contributed by atoms with van der Waals surface area (Å²) in [6.45, 7) is 3.53. The summed E-state index contributed by atoms with van der Waals surface area (Å²) in [6, 6.07) is 7.73. The first kappa shape index (κ1) is 16.6. The number of carbonyl (C=O) groups excluding carboxylic acids is 2. The van der Waals surface area contributed by atoms with Crippen molar-refractivity contribution in [2.75, 3.05) is 13.2 Å². The van der Waals surface area contributed by atoms with Gasteiger partial charge in [-0.2, -0.15) is 0 Å². The lowest BCUT2D eigenvalue weighted by molar-refractivity contribution is -0.157. The number of nitrogens with zero attached hydrogens (tertiary/aromatic N) is 1. The molecule has 1 aromatic carbocycles. The van der Waals surface area contributed by atoms with Crippen molar-refractivity contribution >= 4 is 23.8 Å². The van der Waals surface area contributed by atoms with Crippen LogP contribution < -0.4 is 5.43 Å². The highest BCUT2D eigenvalue weighted by molar-refractivity contribution is 6.09. The predicted molar refractivity (Wildman–Crippen MR) is 77.6 cm³/mol. The first-order valence-corrected chi connectivity index (χ1v) is 6.57. The minimum absolute atomic E-state index is 0.124. The number of ether oxygens (including phenoxy) is 2. The molecule has 1 rings (SSSR count). The van der Waals surface area contributed by atoms with Gasteiger partial charge in [0, 0.05) is 6.21 Å². The molecule has 0 saturated heterocycles. The standard InChI is InChI=1S/C15H17NO5/c1-3-20-14(18)11(15(19)21-4-2)10-16-12-8-6-5-7-9-13(12)17/h5-11H,3-4H2,1-2H3. The van der Waals surface area contributed by atoms with Crippen LogP contribution >= 0.6 is 0 Å². The maximum Gasteiger partial charge on any atom is 0.325 e. The summed E-state index contributed by atoms with van der Waals surface area (Å²) >= 11 is 0. The van der Waals surface area contributed by atoms with E-state index in [0.29, 0.717) is 0 Å². The van der Waals surface area contributed by atoms with Gasteiger partial charge < -0.3 is 9.47 Å². The molecule has 0 aliphatic rings. The van der Waals surface area contributed by atoms with E-state index in [2.05, 4.69) is 4.99 Å². The van der Waals surface area contributed by atoms with E-state index in [-0.39, 0.29) is 24.3 Å². The van der Waals surface area contributed by atoms with Crippen LogP contribution in [0.25, 0.3) is 0 Å². The highest BCUT2D eigenvalue weighted by atomic mass is 16.6. The minimum atomic E-state index is -1.28. The van der Waals surface area contributed by atoms with Crippen molar-refractivity contribution in [2.45, 2.75) is 13.8 Å². The van der Waals surface area contributed by atoms with E-state index in [9.17, 15) is 14.4 Å². The second-order valence-electron chi connectivity index (χ2n) is 3.92. The zero-order valence-electron chi connectivity index (χ0n) is 11.9. The van der Waals surface area contributed by atoms with Crippen molar-refractivity contribution in [3.63, 3.8) is 0 Å². The van der Waals surface area contributed by atoms with E-state index in [0.717, 1.165) is 6.21 Å². The molecule has 0 heterocycles. The van der Waals surface area contributed by atoms with Crippen molar-refractivity contribution in [2.24, 2.45) is 10.9 Å². The van der Waals surface area contributed by atoms with E-state index >= 15 is 0 Å². The highest BCUT2D eigenvalue weighted by Gasteiger charge is 2.27. The molecule has 0 radical (unpaired) electrons. The number of hydrogen-bond acceptors (Lipinski definition) is 6. The topological polar surface area (TPSA) is 82.0 Å². The summed E-state index contributed by atoms with van der Waals surface area (Å²) < 4.78 is 9.60. The molecule has 0 aromatic heterocycles. The van der Waals surface area contributed by atoms with Crippen molar-refractivity contribution in [1.82, 2.24) is 0 Å². The third-order valence-corrected chi connectivity index (χ3v) is 2.42. The molecule has 0 unspecified atom stereocenters. The van der Waals surface area contributed by atoms with E-state index in [1.807, 2.05) is 0 Å². The van der Waals surface area contributed by atoms with Crippen molar-refractivity contribution in [3.05, 3.63) is 40.6 Å². The van der Waals surface area contributed by atoms with Gasteiger partial charge in [-0.05, 0) is 26.0 Å². The molecule has 0 aliphatic heterocycles. The molecule has 0 atom stereocenters. The number of hydrogen-bond donors (Lipinski definition) is 0. The lowest BCUT2D eigenvalue weighted by Crippen LogP contribution is -2.29. The fourth-order valence-electron chi connectivity index (χ4n) is 1.46. The maximum absolute atomic E-state index is 11.7. The van der Waals surface area contributed by atoms with Gasteiger partial charge in [0.25, 0.3) is 0 Å². The Morgan fingerprint density at radius 3 is 2.24 bits per heavy atom. The van der Waals surface area contributed by atoms with Gasteiger partial charge in [0.1, 0.15) is 5.69 Å². The van der Waals surface area contributed by atoms with Crippen LogP contribution in [0, 0.1) is 5.92 Å². The summed E-state index contributed by atoms with van der Waals surface area (Å²) in [4.78, 5) is 39.1. The summed E-state index contributed by atoms with van der Waals surface area (Å²) in [5, 5.41) is 0. The Morgan fingerprint density at radius 2 is 1.67 bits per heavy atom. The van der Waals surface area contributed by atoms with E-state index < -0.39 is 17.9 Å². The Bertz CT molecular complexity index is 564. The smallest absolute Gasteiger partial charge is 0.325 e. The van der Waals surface area contributed by atoms with Crippen LogP contribution in [0.4, 0.5) is 5.69 Å². The van der Waals surface area contributed by atoms with Crippen LogP contribution in [-0.2, 0) is 19.1 Å². The van der Waals surface area contributed by atoms with Crippen LogP contribution in [0.15, 0.2) is 40.1 Å². The molecule has 0 aliphatic carbocycles. The molecule has 0 amide bonds. The maximum atomic E-state index is 11.7. The Balaban J connectivity index is 3.03. The zero-order chi connectivity index (χ0) is 15.7. The number of rotatable bonds is 6. The van der Waals surface area contributed by atoms with Gasteiger partial charge in [-0.25, -0.2) is 0 Å². The third-order valence-electron chi connectivity index (χ3n) is 2.42. The molecule has 1 aromatic rings. The lowest BCUT2D eigenvalue weighted by atomic mass is 10.2. The van der Waals surface area contributed by atoms with Crippen LogP contribution in [-0.4, -0.2) is 31.4 Å². The Labute approximate surface area is 122 Å². The summed E-state index contributed by atoms with van der Waals surface area (Å²) in [6.07, 6.45) is 1.08. The molecule has 0 fully saturated rings. The first-order chi connectivity index (χ1) is 10.1. The molecule has 0 N–H and O–H groups in total. The molecular weight excluding hydrogens is 274 g/mol. The second-order valence-corrected chi connectivity index (χ2v) is 3.92. The van der Waals surface area contributed by atoms with E-state index in [4.69, 9.17) is 9.47 Å². The van der Waals surface area contributed by atoms with E-state index in [1.165, 1.54) is 12.1 Å². The highest BCUT2D eigenvalue weighted by Crippen LogP contribution is 2.06. The molecule has 0 saturated carbocycles. The predicted octanol–water partition coefficient (Wildman–Crippen LogP) is 1.49. The molecule has 21 heavy (non-hydrogen) atoms. The fourth-order valence-corrected chi connectivity index (χ4v) is 1.46. The molecule has 6 heteroatoms. The van der Waals surface area contributed by atoms with Crippen LogP contribution in [0.3, 0.4) is 0 Å². The molecule has 0 bridgehead atoms. The first-order valence-electron chi connectivity index (χ1n) is 6.57. The second kappa shape index (κ2) is 8.63. The van der Waals surface area contributed by atoms with Gasteiger partial charge in [0.15, 0.2) is 5.92 Å². The fraction of sp³-hybridized carbons (Fsp3) is 0.333. The van der Waals surface area contributed by atoms with Gasteiger partial charge in [-0.15, -0.1) is 0 Å². The van der Waals surface area contributed by atoms with Crippen LogP contribution in [0.2, 0.25) is 0 Å².